The van der Waals surface area contributed by atoms with E-state index in [1.54, 1.807) is 53.0 Å². The van der Waals surface area contributed by atoms with Crippen molar-refractivity contribution in [3.63, 3.8) is 0 Å². The van der Waals surface area contributed by atoms with E-state index in [1.165, 1.54) is 0 Å². The second-order valence-electron chi connectivity index (χ2n) is 7.74. The van der Waals surface area contributed by atoms with Crippen molar-refractivity contribution in [2.45, 2.75) is 26.7 Å². The fourth-order valence-corrected chi connectivity index (χ4v) is 3.87. The highest BCUT2D eigenvalue weighted by atomic mass is 16.5. The number of amides is 2. The zero-order valence-electron chi connectivity index (χ0n) is 18.9. The second kappa shape index (κ2) is 8.73. The van der Waals surface area contributed by atoms with Crippen LogP contribution in [0.4, 0.5) is 5.69 Å². The van der Waals surface area contributed by atoms with Gasteiger partial charge < -0.3 is 15.8 Å². The first-order chi connectivity index (χ1) is 15.8. The minimum Gasteiger partial charge on any atom is -0.479 e. The number of ether oxygens (including phenoxy) is 1. The van der Waals surface area contributed by atoms with Crippen molar-refractivity contribution < 1.29 is 14.3 Å². The van der Waals surface area contributed by atoms with Crippen LogP contribution in [-0.4, -0.2) is 43.5 Å². The first-order valence-electron chi connectivity index (χ1n) is 10.4. The van der Waals surface area contributed by atoms with Gasteiger partial charge in [-0.2, -0.15) is 5.10 Å². The number of nitrogens with one attached hydrogen (secondary N) is 1. The van der Waals surface area contributed by atoms with Crippen LogP contribution in [0.2, 0.25) is 0 Å². The lowest BCUT2D eigenvalue weighted by atomic mass is 10.00. The first-order valence-corrected chi connectivity index (χ1v) is 10.4. The predicted octanol–water partition coefficient (Wildman–Crippen LogP) is 2.45. The van der Waals surface area contributed by atoms with E-state index in [-0.39, 0.29) is 11.6 Å². The van der Waals surface area contributed by atoms with Gasteiger partial charge in [0.2, 0.25) is 11.8 Å². The normalized spacial score (nSPS) is 11.0. The monoisotopic (exact) mass is 447 g/mol. The van der Waals surface area contributed by atoms with Crippen LogP contribution in [0.5, 0.6) is 5.88 Å². The van der Waals surface area contributed by atoms with Crippen molar-refractivity contribution in [2.75, 3.05) is 12.4 Å². The van der Waals surface area contributed by atoms with Gasteiger partial charge in [0.15, 0.2) is 5.65 Å². The van der Waals surface area contributed by atoms with E-state index < -0.39 is 5.91 Å². The van der Waals surface area contributed by atoms with Gasteiger partial charge in [-0.05, 0) is 61.7 Å². The van der Waals surface area contributed by atoms with Crippen LogP contribution >= 0.6 is 0 Å². The number of methoxy groups -OCH3 is 1. The molecule has 0 bridgehead atoms. The highest BCUT2D eigenvalue weighted by Crippen LogP contribution is 2.30. The summed E-state index contributed by atoms with van der Waals surface area (Å²) in [6.45, 7) is 3.95. The number of carbonyl (C=O) groups excluding carboxylic acids is 2. The van der Waals surface area contributed by atoms with Gasteiger partial charge >= 0.3 is 0 Å². The van der Waals surface area contributed by atoms with E-state index in [0.717, 1.165) is 33.5 Å². The molecule has 0 atom stereocenters. The Kier molecular flexibility index (Phi) is 5.82. The minimum atomic E-state index is -0.584. The summed E-state index contributed by atoms with van der Waals surface area (Å²) in [5.41, 5.74) is 10.5. The van der Waals surface area contributed by atoms with E-state index in [1.807, 2.05) is 20.9 Å². The Morgan fingerprint density at radius 3 is 2.48 bits per heavy atom. The molecule has 1 aromatic carbocycles. The molecule has 2 amide bonds. The van der Waals surface area contributed by atoms with Crippen LogP contribution < -0.4 is 15.8 Å². The average Bonchev–Trinajstić information content (AvgIpc) is 3.39. The molecular formula is C23H25N7O3. The van der Waals surface area contributed by atoms with E-state index >= 15 is 0 Å². The van der Waals surface area contributed by atoms with Gasteiger partial charge in [0.1, 0.15) is 5.69 Å². The Hall–Kier alpha value is -4.21. The van der Waals surface area contributed by atoms with E-state index in [4.69, 9.17) is 10.5 Å². The molecule has 170 valence electrons. The van der Waals surface area contributed by atoms with Crippen LogP contribution in [0.25, 0.3) is 16.7 Å². The number of benzene rings is 1. The standard InChI is InChI=1S/C23H25N7O3/c1-13-17(14(2)25-22-20(13)23(33-4)28-29(22)3)9-10-19(31)26-15-5-7-16(8-6-15)30-12-11-18(27-30)21(24)32/h5-8,11-12H,9-10H2,1-4H3,(H2,24,32)(H,26,31). The lowest BCUT2D eigenvalue weighted by Crippen LogP contribution is -2.13. The van der Waals surface area contributed by atoms with Gasteiger partial charge in [-0.15, -0.1) is 5.10 Å². The zero-order chi connectivity index (χ0) is 23.7. The Labute approximate surface area is 190 Å². The van der Waals surface area contributed by atoms with Crippen molar-refractivity contribution in [3.05, 3.63) is 59.0 Å². The number of hydrogen-bond donors (Lipinski definition) is 2. The largest absolute Gasteiger partial charge is 0.479 e. The molecule has 0 spiro atoms. The van der Waals surface area contributed by atoms with Gasteiger partial charge in [0, 0.05) is 31.0 Å². The molecular weight excluding hydrogens is 422 g/mol. The molecule has 33 heavy (non-hydrogen) atoms. The lowest BCUT2D eigenvalue weighted by molar-refractivity contribution is -0.116. The highest BCUT2D eigenvalue weighted by molar-refractivity contribution is 5.92. The summed E-state index contributed by atoms with van der Waals surface area (Å²) in [6, 6.07) is 8.71. The van der Waals surface area contributed by atoms with Crippen molar-refractivity contribution in [2.24, 2.45) is 12.8 Å². The SMILES string of the molecule is COc1nn(C)c2nc(C)c(CCC(=O)Nc3ccc(-n4ccc(C(N)=O)n4)cc3)c(C)c12. The van der Waals surface area contributed by atoms with E-state index in [9.17, 15) is 9.59 Å². The molecule has 10 nitrogen and oxygen atoms in total. The Morgan fingerprint density at radius 2 is 1.85 bits per heavy atom. The number of carbonyl (C=O) groups is 2. The highest BCUT2D eigenvalue weighted by Gasteiger charge is 2.18. The average molecular weight is 447 g/mol. The summed E-state index contributed by atoms with van der Waals surface area (Å²) in [5, 5.41) is 12.3. The molecule has 0 saturated carbocycles. The fraction of sp³-hybridized carbons (Fsp3) is 0.261. The number of fused-ring (bicyclic) bond motifs is 1. The summed E-state index contributed by atoms with van der Waals surface area (Å²) >= 11 is 0. The van der Waals surface area contributed by atoms with Gasteiger partial charge in [-0.3, -0.25) is 9.59 Å². The fourth-order valence-electron chi connectivity index (χ4n) is 3.87. The van der Waals surface area contributed by atoms with Crippen LogP contribution in [0.3, 0.4) is 0 Å². The van der Waals surface area contributed by atoms with Gasteiger partial charge in [0.05, 0.1) is 18.2 Å². The maximum atomic E-state index is 12.6. The predicted molar refractivity (Wildman–Crippen MR) is 124 cm³/mol. The van der Waals surface area contributed by atoms with Crippen LogP contribution in [0, 0.1) is 13.8 Å². The van der Waals surface area contributed by atoms with Crippen molar-refractivity contribution >= 4 is 28.5 Å². The smallest absolute Gasteiger partial charge is 0.269 e. The molecule has 0 radical (unpaired) electrons. The Bertz CT molecular complexity index is 1350. The number of primary amides is 1. The number of anilines is 1. The van der Waals surface area contributed by atoms with Crippen molar-refractivity contribution in [1.29, 1.82) is 0 Å². The van der Waals surface area contributed by atoms with Crippen molar-refractivity contribution in [3.8, 4) is 11.6 Å². The Morgan fingerprint density at radius 1 is 1.12 bits per heavy atom. The van der Waals surface area contributed by atoms with E-state index in [0.29, 0.717) is 24.4 Å². The number of rotatable bonds is 7. The summed E-state index contributed by atoms with van der Waals surface area (Å²) in [5.74, 6) is -0.155. The van der Waals surface area contributed by atoms with Gasteiger partial charge in [0.25, 0.3) is 5.91 Å². The molecule has 3 aromatic heterocycles. The summed E-state index contributed by atoms with van der Waals surface area (Å²) < 4.78 is 8.65. The number of pyridine rings is 1. The molecule has 0 fully saturated rings. The number of aromatic nitrogens is 5. The van der Waals surface area contributed by atoms with Crippen LogP contribution in [-0.2, 0) is 18.3 Å². The molecule has 4 rings (SSSR count). The molecule has 0 aliphatic carbocycles. The first kappa shape index (κ1) is 22.0. The topological polar surface area (TPSA) is 130 Å². The second-order valence-corrected chi connectivity index (χ2v) is 7.74. The molecule has 3 N–H and O–H groups in total. The van der Waals surface area contributed by atoms with E-state index in [2.05, 4.69) is 20.5 Å². The molecule has 0 unspecified atom stereocenters. The Balaban J connectivity index is 1.44. The molecule has 3 heterocycles. The van der Waals surface area contributed by atoms with Crippen LogP contribution in [0.15, 0.2) is 36.5 Å². The summed E-state index contributed by atoms with van der Waals surface area (Å²) in [7, 11) is 3.42. The van der Waals surface area contributed by atoms with Crippen LogP contribution in [0.1, 0.15) is 33.7 Å². The number of hydrogen-bond acceptors (Lipinski definition) is 6. The third kappa shape index (κ3) is 4.27. The van der Waals surface area contributed by atoms with Gasteiger partial charge in [-0.1, -0.05) is 0 Å². The number of nitrogens with zero attached hydrogens (tertiary/aromatic N) is 5. The number of nitrogens with two attached hydrogens (primary N) is 1. The molecule has 0 saturated heterocycles. The quantitative estimate of drug-likeness (QED) is 0.448. The molecule has 4 aromatic rings. The third-order valence-electron chi connectivity index (χ3n) is 5.58. The molecule has 0 aliphatic heterocycles. The van der Waals surface area contributed by atoms with Crippen molar-refractivity contribution in [1.82, 2.24) is 24.5 Å². The zero-order valence-corrected chi connectivity index (χ0v) is 18.9. The van der Waals surface area contributed by atoms with Gasteiger partial charge in [-0.25, -0.2) is 14.3 Å². The third-order valence-corrected chi connectivity index (χ3v) is 5.58. The summed E-state index contributed by atoms with van der Waals surface area (Å²) in [6.07, 6.45) is 2.51. The number of aryl methyl sites for hydroxylation is 3. The minimum absolute atomic E-state index is 0.102. The maximum Gasteiger partial charge on any atom is 0.269 e. The maximum absolute atomic E-state index is 12.6. The lowest BCUT2D eigenvalue weighted by Gasteiger charge is -2.12. The summed E-state index contributed by atoms with van der Waals surface area (Å²) in [4.78, 5) is 28.5. The molecule has 10 heteroatoms. The molecule has 0 aliphatic rings.